The molecule has 0 fully saturated rings. The maximum absolute atomic E-state index is 12.8. The normalized spacial score (nSPS) is 10.1. The van der Waals surface area contributed by atoms with Gasteiger partial charge in [0.1, 0.15) is 5.82 Å². The van der Waals surface area contributed by atoms with E-state index >= 15 is 0 Å². The lowest BCUT2D eigenvalue weighted by molar-refractivity contribution is 0.101. The Morgan fingerprint density at radius 3 is 2.62 bits per heavy atom. The first-order chi connectivity index (χ1) is 7.66. The van der Waals surface area contributed by atoms with E-state index in [1.165, 1.54) is 18.2 Å². The lowest BCUT2D eigenvalue weighted by atomic mass is 10.2. The number of halogens is 2. The number of aromatic nitrogens is 1. The molecule has 82 valence electrons. The third-order valence-electron chi connectivity index (χ3n) is 2.01. The first-order valence-electron chi connectivity index (χ1n) is 4.56. The topological polar surface area (TPSA) is 34.0 Å². The monoisotopic (exact) mass is 330 g/mol. The summed E-state index contributed by atoms with van der Waals surface area (Å²) >= 11 is 1.93. The average Bonchev–Trinajstić information content (AvgIpc) is 2.70. The Bertz CT molecular complexity index is 511. The summed E-state index contributed by atoms with van der Waals surface area (Å²) in [5, 5.41) is 0. The highest BCUT2D eigenvalue weighted by Crippen LogP contribution is 2.14. The van der Waals surface area contributed by atoms with Gasteiger partial charge in [0.25, 0.3) is 5.91 Å². The second kappa shape index (κ2) is 4.65. The van der Waals surface area contributed by atoms with Crippen LogP contribution in [0.4, 0.5) is 4.39 Å². The predicted octanol–water partition coefficient (Wildman–Crippen LogP) is 2.62. The molecule has 0 saturated carbocycles. The van der Waals surface area contributed by atoms with Gasteiger partial charge in [-0.25, -0.2) is 4.39 Å². The van der Waals surface area contributed by atoms with Crippen LogP contribution >= 0.6 is 22.6 Å². The van der Waals surface area contributed by atoms with Gasteiger partial charge in [-0.05, 0) is 52.9 Å². The lowest BCUT2D eigenvalue weighted by Crippen LogP contribution is -2.22. The molecule has 0 bridgehead atoms. The largest absolute Gasteiger partial charge is 0.271 e. The summed E-state index contributed by atoms with van der Waals surface area (Å²) in [7, 11) is 0. The van der Waals surface area contributed by atoms with Crippen LogP contribution in [0.25, 0.3) is 0 Å². The van der Waals surface area contributed by atoms with Crippen molar-refractivity contribution in [3.05, 3.63) is 57.7 Å². The number of amides is 1. The van der Waals surface area contributed by atoms with Gasteiger partial charge in [0, 0.05) is 16.0 Å². The summed E-state index contributed by atoms with van der Waals surface area (Å²) in [5.41, 5.74) is 3.10. The second-order valence-corrected chi connectivity index (χ2v) is 4.32. The zero-order valence-corrected chi connectivity index (χ0v) is 10.3. The van der Waals surface area contributed by atoms with Crippen molar-refractivity contribution in [1.82, 2.24) is 4.68 Å². The van der Waals surface area contributed by atoms with Crippen LogP contribution in [0.3, 0.4) is 0 Å². The molecule has 0 aliphatic rings. The molecule has 2 aromatic rings. The maximum Gasteiger partial charge on any atom is 0.271 e. The van der Waals surface area contributed by atoms with E-state index in [-0.39, 0.29) is 11.7 Å². The fourth-order valence-electron chi connectivity index (χ4n) is 1.26. The van der Waals surface area contributed by atoms with Crippen molar-refractivity contribution < 1.29 is 9.18 Å². The Morgan fingerprint density at radius 2 is 2.00 bits per heavy atom. The third-order valence-corrected chi connectivity index (χ3v) is 2.90. The van der Waals surface area contributed by atoms with Crippen LogP contribution in [0.15, 0.2) is 42.7 Å². The van der Waals surface area contributed by atoms with Gasteiger partial charge in [0.05, 0.1) is 5.56 Å². The fourth-order valence-corrected chi connectivity index (χ4v) is 1.98. The number of hydrogen-bond acceptors (Lipinski definition) is 1. The van der Waals surface area contributed by atoms with Crippen LogP contribution in [-0.2, 0) is 0 Å². The molecule has 0 aliphatic carbocycles. The van der Waals surface area contributed by atoms with E-state index in [2.05, 4.69) is 5.43 Å². The maximum atomic E-state index is 12.8. The molecule has 16 heavy (non-hydrogen) atoms. The number of nitrogens with zero attached hydrogens (tertiary/aromatic N) is 1. The minimum atomic E-state index is -0.345. The first-order valence-corrected chi connectivity index (χ1v) is 5.64. The molecule has 1 heterocycles. The van der Waals surface area contributed by atoms with Gasteiger partial charge < -0.3 is 0 Å². The third kappa shape index (κ3) is 2.41. The van der Waals surface area contributed by atoms with Crippen LogP contribution in [0.5, 0.6) is 0 Å². The van der Waals surface area contributed by atoms with Gasteiger partial charge in [-0.1, -0.05) is 0 Å². The van der Waals surface area contributed by atoms with Gasteiger partial charge in [-0.3, -0.25) is 14.9 Å². The number of carbonyl (C=O) groups is 1. The SMILES string of the molecule is O=C(Nn1cccc1)c1ccc(F)cc1I. The van der Waals surface area contributed by atoms with Gasteiger partial charge in [-0.15, -0.1) is 0 Å². The zero-order chi connectivity index (χ0) is 11.5. The van der Waals surface area contributed by atoms with Crippen molar-refractivity contribution >= 4 is 28.5 Å². The van der Waals surface area contributed by atoms with Crippen molar-refractivity contribution in [2.24, 2.45) is 0 Å². The Labute approximate surface area is 105 Å². The van der Waals surface area contributed by atoms with Crippen LogP contribution in [-0.4, -0.2) is 10.6 Å². The second-order valence-electron chi connectivity index (χ2n) is 3.16. The van der Waals surface area contributed by atoms with Crippen LogP contribution in [0, 0.1) is 9.39 Å². The van der Waals surface area contributed by atoms with Gasteiger partial charge in [0.2, 0.25) is 0 Å². The molecule has 0 aliphatic heterocycles. The molecule has 3 nitrogen and oxygen atoms in total. The molecule has 0 saturated heterocycles. The molecule has 0 spiro atoms. The number of hydrogen-bond donors (Lipinski definition) is 1. The Kier molecular flexibility index (Phi) is 3.23. The summed E-state index contributed by atoms with van der Waals surface area (Å²) < 4.78 is 15.0. The minimum Gasteiger partial charge on any atom is -0.268 e. The predicted molar refractivity (Wildman–Crippen MR) is 67.2 cm³/mol. The molecule has 5 heteroatoms. The van der Waals surface area contributed by atoms with Crippen molar-refractivity contribution in [1.29, 1.82) is 0 Å². The van der Waals surface area contributed by atoms with E-state index in [1.807, 2.05) is 22.6 Å². The quantitative estimate of drug-likeness (QED) is 0.844. The molecule has 1 amide bonds. The van der Waals surface area contributed by atoms with Crippen molar-refractivity contribution in [3.63, 3.8) is 0 Å². The van der Waals surface area contributed by atoms with Crippen molar-refractivity contribution in [2.75, 3.05) is 5.43 Å². The molecule has 0 atom stereocenters. The molecular weight excluding hydrogens is 322 g/mol. The standard InChI is InChI=1S/C11H8FIN2O/c12-8-3-4-9(10(13)7-8)11(16)14-15-5-1-2-6-15/h1-7H,(H,14,16). The highest BCUT2D eigenvalue weighted by Gasteiger charge is 2.10. The number of benzene rings is 1. The van der Waals surface area contributed by atoms with E-state index in [1.54, 1.807) is 29.2 Å². The first kappa shape index (κ1) is 11.1. The molecule has 0 radical (unpaired) electrons. The average molecular weight is 330 g/mol. The van der Waals surface area contributed by atoms with Crippen LogP contribution in [0.2, 0.25) is 0 Å². The van der Waals surface area contributed by atoms with Gasteiger partial charge in [-0.2, -0.15) is 0 Å². The highest BCUT2D eigenvalue weighted by molar-refractivity contribution is 14.1. The van der Waals surface area contributed by atoms with E-state index in [0.29, 0.717) is 9.13 Å². The summed E-state index contributed by atoms with van der Waals surface area (Å²) in [4.78, 5) is 11.8. The summed E-state index contributed by atoms with van der Waals surface area (Å²) in [5.74, 6) is -0.609. The molecule has 0 unspecified atom stereocenters. The Hall–Kier alpha value is -1.37. The fraction of sp³-hybridized carbons (Fsp3) is 0. The molecule has 1 aromatic heterocycles. The van der Waals surface area contributed by atoms with Crippen LogP contribution in [0.1, 0.15) is 10.4 Å². The number of nitrogens with one attached hydrogen (secondary N) is 1. The summed E-state index contributed by atoms with van der Waals surface area (Å²) in [6.45, 7) is 0. The Balaban J connectivity index is 2.21. The highest BCUT2D eigenvalue weighted by atomic mass is 127. The van der Waals surface area contributed by atoms with Crippen molar-refractivity contribution in [3.8, 4) is 0 Å². The summed E-state index contributed by atoms with van der Waals surface area (Å²) in [6.07, 6.45) is 3.43. The summed E-state index contributed by atoms with van der Waals surface area (Å²) in [6, 6.07) is 7.67. The zero-order valence-electron chi connectivity index (χ0n) is 8.15. The Morgan fingerprint density at radius 1 is 1.31 bits per heavy atom. The number of rotatable bonds is 2. The van der Waals surface area contributed by atoms with Gasteiger partial charge in [0.15, 0.2) is 0 Å². The van der Waals surface area contributed by atoms with E-state index in [0.717, 1.165) is 0 Å². The smallest absolute Gasteiger partial charge is 0.268 e. The van der Waals surface area contributed by atoms with Crippen molar-refractivity contribution in [2.45, 2.75) is 0 Å². The molecule has 2 rings (SSSR count). The van der Waals surface area contributed by atoms with Gasteiger partial charge >= 0.3 is 0 Å². The lowest BCUT2D eigenvalue weighted by Gasteiger charge is -2.07. The minimum absolute atomic E-state index is 0.263. The van der Waals surface area contributed by atoms with Crippen LogP contribution < -0.4 is 5.43 Å². The van der Waals surface area contributed by atoms with E-state index in [4.69, 9.17) is 0 Å². The molecular formula is C11H8FIN2O. The number of carbonyl (C=O) groups excluding carboxylic acids is 1. The molecule has 1 aromatic carbocycles. The molecule has 1 N–H and O–H groups in total. The van der Waals surface area contributed by atoms with E-state index < -0.39 is 0 Å². The van der Waals surface area contributed by atoms with E-state index in [9.17, 15) is 9.18 Å².